The Morgan fingerprint density at radius 1 is 1.21 bits per heavy atom. The predicted octanol–water partition coefficient (Wildman–Crippen LogP) is 0.640. The molecule has 0 aromatic rings. The van der Waals surface area contributed by atoms with Gasteiger partial charge in [0.05, 0.1) is 26.4 Å². The zero-order chi connectivity index (χ0) is 14.7. The van der Waals surface area contributed by atoms with E-state index in [0.29, 0.717) is 32.5 Å². The number of carbonyl (C=O) groups excluding carboxylic acids is 3. The summed E-state index contributed by atoms with van der Waals surface area (Å²) in [6, 6.07) is 0. The fraction of sp³-hybridized carbons (Fsp3) is 0.769. The van der Waals surface area contributed by atoms with Gasteiger partial charge < -0.3 is 14.3 Å². The molecule has 0 saturated carbocycles. The molecule has 0 N–H and O–H groups in total. The summed E-state index contributed by atoms with van der Waals surface area (Å²) in [6.45, 7) is 7.07. The van der Waals surface area contributed by atoms with Gasteiger partial charge in [0, 0.05) is 12.3 Å². The molecular formula is C13H23NO5. The van der Waals surface area contributed by atoms with E-state index in [1.54, 1.807) is 6.92 Å². The molecule has 1 saturated heterocycles. The van der Waals surface area contributed by atoms with Crippen molar-refractivity contribution < 1.29 is 23.9 Å². The predicted molar refractivity (Wildman–Crippen MR) is 69.6 cm³/mol. The van der Waals surface area contributed by atoms with Gasteiger partial charge in [0.15, 0.2) is 0 Å². The third-order valence-electron chi connectivity index (χ3n) is 2.49. The van der Waals surface area contributed by atoms with E-state index in [1.165, 1.54) is 4.90 Å². The molecule has 0 aromatic heterocycles. The molecule has 0 bridgehead atoms. The van der Waals surface area contributed by atoms with Crippen LogP contribution >= 0.6 is 0 Å². The first-order valence-corrected chi connectivity index (χ1v) is 6.60. The summed E-state index contributed by atoms with van der Waals surface area (Å²) >= 11 is 0. The smallest absolute Gasteiger partial charge is 0.232 e. The highest BCUT2D eigenvalue weighted by Crippen LogP contribution is 2.17. The number of likely N-dealkylation sites (tertiary alicyclic amines) is 1. The molecule has 0 radical (unpaired) electrons. The highest BCUT2D eigenvalue weighted by molar-refractivity contribution is 6.03. The topological polar surface area (TPSA) is 72.9 Å². The van der Waals surface area contributed by atoms with E-state index in [2.05, 4.69) is 0 Å². The summed E-state index contributed by atoms with van der Waals surface area (Å²) in [7, 11) is 0. The van der Waals surface area contributed by atoms with Crippen LogP contribution in [0.5, 0.6) is 0 Å². The van der Waals surface area contributed by atoms with Crippen molar-refractivity contribution in [1.82, 2.24) is 4.90 Å². The lowest BCUT2D eigenvalue weighted by molar-refractivity contribution is -0.140. The number of ether oxygens (including phenoxy) is 2. The van der Waals surface area contributed by atoms with Crippen LogP contribution in [0.1, 0.15) is 27.2 Å². The number of amides is 2. The molecule has 1 fully saturated rings. The van der Waals surface area contributed by atoms with Crippen LogP contribution in [0.15, 0.2) is 0 Å². The lowest BCUT2D eigenvalue weighted by Gasteiger charge is -2.14. The van der Waals surface area contributed by atoms with Gasteiger partial charge in [0.1, 0.15) is 12.9 Å². The fourth-order valence-corrected chi connectivity index (χ4v) is 1.59. The molecule has 6 heteroatoms. The Kier molecular flexibility index (Phi) is 9.92. The molecule has 2 amide bonds. The Bertz CT molecular complexity index is 293. The van der Waals surface area contributed by atoms with Crippen molar-refractivity contribution in [2.45, 2.75) is 27.2 Å². The summed E-state index contributed by atoms with van der Waals surface area (Å²) in [4.78, 5) is 34.0. The Morgan fingerprint density at radius 3 is 2.37 bits per heavy atom. The molecule has 6 nitrogen and oxygen atoms in total. The van der Waals surface area contributed by atoms with Crippen LogP contribution in [0.25, 0.3) is 0 Å². The van der Waals surface area contributed by atoms with E-state index < -0.39 is 0 Å². The van der Waals surface area contributed by atoms with Gasteiger partial charge in [-0.05, 0) is 0 Å². The summed E-state index contributed by atoms with van der Waals surface area (Å²) in [5, 5.41) is 0. The van der Waals surface area contributed by atoms with Crippen LogP contribution in [0, 0.1) is 5.92 Å². The van der Waals surface area contributed by atoms with Crippen LogP contribution in [0.2, 0.25) is 0 Å². The second-order valence-corrected chi connectivity index (χ2v) is 3.84. The zero-order valence-corrected chi connectivity index (χ0v) is 11.9. The lowest BCUT2D eigenvalue weighted by atomic mass is 10.1. The van der Waals surface area contributed by atoms with Crippen molar-refractivity contribution >= 4 is 18.1 Å². The van der Waals surface area contributed by atoms with E-state index >= 15 is 0 Å². The van der Waals surface area contributed by atoms with Gasteiger partial charge in [0.25, 0.3) is 0 Å². The Morgan fingerprint density at radius 2 is 1.84 bits per heavy atom. The lowest BCUT2D eigenvalue weighted by Crippen LogP contribution is -2.33. The number of hydrogen-bond acceptors (Lipinski definition) is 5. The van der Waals surface area contributed by atoms with Gasteiger partial charge in [-0.1, -0.05) is 20.8 Å². The summed E-state index contributed by atoms with van der Waals surface area (Å²) in [6.07, 6.45) is 0.963. The summed E-state index contributed by atoms with van der Waals surface area (Å²) in [5.74, 6) is -0.475. The average molecular weight is 273 g/mol. The zero-order valence-electron chi connectivity index (χ0n) is 11.9. The van der Waals surface area contributed by atoms with E-state index in [4.69, 9.17) is 9.47 Å². The van der Waals surface area contributed by atoms with E-state index in [-0.39, 0.29) is 30.9 Å². The number of carbonyl (C=O) groups is 3. The maximum absolute atomic E-state index is 11.5. The Hall–Kier alpha value is -1.27. The van der Waals surface area contributed by atoms with Crippen LogP contribution in [0.4, 0.5) is 0 Å². The van der Waals surface area contributed by atoms with Gasteiger partial charge >= 0.3 is 0 Å². The number of rotatable bonds is 8. The maximum Gasteiger partial charge on any atom is 0.232 e. The summed E-state index contributed by atoms with van der Waals surface area (Å²) < 4.78 is 10.1. The van der Waals surface area contributed by atoms with E-state index in [9.17, 15) is 14.4 Å². The first-order chi connectivity index (χ1) is 9.16. The minimum absolute atomic E-state index is 0.0595. The highest BCUT2D eigenvalue weighted by atomic mass is 16.5. The minimum Gasteiger partial charge on any atom is -0.377 e. The maximum atomic E-state index is 11.5. The molecule has 1 rings (SSSR count). The molecule has 0 spiro atoms. The van der Waals surface area contributed by atoms with Crippen molar-refractivity contribution in [3.8, 4) is 0 Å². The van der Waals surface area contributed by atoms with Crippen LogP contribution in [0.3, 0.4) is 0 Å². The molecule has 1 unspecified atom stereocenters. The molecule has 1 aliphatic heterocycles. The molecule has 110 valence electrons. The second-order valence-electron chi connectivity index (χ2n) is 3.84. The Labute approximate surface area is 114 Å². The largest absolute Gasteiger partial charge is 0.377 e. The third kappa shape index (κ3) is 6.45. The molecule has 0 aromatic carbocycles. The first kappa shape index (κ1) is 17.7. The number of hydrogen-bond donors (Lipinski definition) is 0. The number of nitrogens with zero attached hydrogens (tertiary/aromatic N) is 1. The monoisotopic (exact) mass is 273 g/mol. The van der Waals surface area contributed by atoms with Crippen molar-refractivity contribution in [1.29, 1.82) is 0 Å². The van der Waals surface area contributed by atoms with Gasteiger partial charge in [-0.25, -0.2) is 0 Å². The number of imide groups is 1. The van der Waals surface area contributed by atoms with Gasteiger partial charge in [0.2, 0.25) is 11.8 Å². The second kappa shape index (κ2) is 10.6. The van der Waals surface area contributed by atoms with Crippen LogP contribution in [-0.2, 0) is 23.9 Å². The molecule has 0 aliphatic carbocycles. The first-order valence-electron chi connectivity index (χ1n) is 6.60. The van der Waals surface area contributed by atoms with Crippen molar-refractivity contribution in [3.63, 3.8) is 0 Å². The molecule has 1 heterocycles. The van der Waals surface area contributed by atoms with E-state index in [0.717, 1.165) is 0 Å². The highest BCUT2D eigenvalue weighted by Gasteiger charge is 2.34. The molecular weight excluding hydrogens is 250 g/mol. The Balaban J connectivity index is 0.00000154. The van der Waals surface area contributed by atoms with E-state index in [1.807, 2.05) is 13.8 Å². The minimum atomic E-state index is -0.210. The van der Waals surface area contributed by atoms with Gasteiger partial charge in [-0.2, -0.15) is 0 Å². The fourth-order valence-electron chi connectivity index (χ4n) is 1.59. The van der Waals surface area contributed by atoms with Crippen molar-refractivity contribution in [3.05, 3.63) is 0 Å². The third-order valence-corrected chi connectivity index (χ3v) is 2.49. The van der Waals surface area contributed by atoms with Gasteiger partial charge in [-0.3, -0.25) is 14.5 Å². The standard InChI is InChI=1S/C11H17NO5.C2H6/c1-9-8-10(14)12(11(9)15)2-4-16-6-7-17-5-3-13;1-2/h3,9H,2,4-8H2,1H3;1-2H3. The average Bonchev–Trinajstić information content (AvgIpc) is 2.66. The molecule has 1 atom stereocenters. The summed E-state index contributed by atoms with van der Waals surface area (Å²) in [5.41, 5.74) is 0. The van der Waals surface area contributed by atoms with Crippen LogP contribution in [-0.4, -0.2) is 56.0 Å². The SMILES string of the molecule is CC.CC1CC(=O)N(CCOCCOCC=O)C1=O. The van der Waals surface area contributed by atoms with Crippen LogP contribution < -0.4 is 0 Å². The van der Waals surface area contributed by atoms with Gasteiger partial charge in [-0.15, -0.1) is 0 Å². The number of aldehydes is 1. The van der Waals surface area contributed by atoms with Crippen molar-refractivity contribution in [2.75, 3.05) is 33.0 Å². The normalized spacial score (nSPS) is 18.3. The van der Waals surface area contributed by atoms with Crippen molar-refractivity contribution in [2.24, 2.45) is 5.92 Å². The molecule has 1 aliphatic rings. The quantitative estimate of drug-likeness (QED) is 0.368. The molecule has 19 heavy (non-hydrogen) atoms.